The molecule has 0 bridgehead atoms. The highest BCUT2D eigenvalue weighted by molar-refractivity contribution is 4.97. The van der Waals surface area contributed by atoms with Gasteiger partial charge in [0.15, 0.2) is 0 Å². The van der Waals surface area contributed by atoms with E-state index in [1.807, 2.05) is 0 Å². The molecule has 1 aliphatic carbocycles. The summed E-state index contributed by atoms with van der Waals surface area (Å²) in [5.41, 5.74) is 6.58. The minimum Gasteiger partial charge on any atom is -0.329 e. The van der Waals surface area contributed by atoms with Gasteiger partial charge in [-0.3, -0.25) is 4.90 Å². The van der Waals surface area contributed by atoms with E-state index in [-0.39, 0.29) is 0 Å². The van der Waals surface area contributed by atoms with Crippen LogP contribution in [0.5, 0.6) is 0 Å². The predicted molar refractivity (Wildman–Crippen MR) is 83.2 cm³/mol. The van der Waals surface area contributed by atoms with Gasteiger partial charge in [0.2, 0.25) is 0 Å². The van der Waals surface area contributed by atoms with Crippen molar-refractivity contribution in [2.24, 2.45) is 17.6 Å². The van der Waals surface area contributed by atoms with Gasteiger partial charge in [-0.1, -0.05) is 33.1 Å². The summed E-state index contributed by atoms with van der Waals surface area (Å²) < 4.78 is 0. The summed E-state index contributed by atoms with van der Waals surface area (Å²) in [5, 5.41) is 0. The first kappa shape index (κ1) is 15.3. The van der Waals surface area contributed by atoms with E-state index in [0.29, 0.717) is 5.54 Å². The standard InChI is InChI=1S/C17H34N2/c1-3-5-16-6-10-17(14-18,11-7-16)19-12-8-15(4-2)9-13-19/h15-16H,3-14,18H2,1-2H3. The van der Waals surface area contributed by atoms with Crippen LogP contribution in [0.15, 0.2) is 0 Å². The Hall–Kier alpha value is -0.0800. The Labute approximate surface area is 120 Å². The highest BCUT2D eigenvalue weighted by Gasteiger charge is 2.40. The van der Waals surface area contributed by atoms with Crippen LogP contribution in [0.1, 0.15) is 71.6 Å². The van der Waals surface area contributed by atoms with Crippen molar-refractivity contribution >= 4 is 0 Å². The molecule has 2 nitrogen and oxygen atoms in total. The van der Waals surface area contributed by atoms with Gasteiger partial charge in [0, 0.05) is 12.1 Å². The summed E-state index contributed by atoms with van der Waals surface area (Å²) in [6, 6.07) is 0. The number of nitrogens with zero attached hydrogens (tertiary/aromatic N) is 1. The molecular weight excluding hydrogens is 232 g/mol. The van der Waals surface area contributed by atoms with E-state index < -0.39 is 0 Å². The summed E-state index contributed by atoms with van der Waals surface area (Å²) in [6.45, 7) is 8.14. The van der Waals surface area contributed by atoms with Crippen molar-refractivity contribution in [3.05, 3.63) is 0 Å². The molecule has 0 aromatic heterocycles. The second-order valence-electron chi connectivity index (χ2n) is 7.00. The van der Waals surface area contributed by atoms with Crippen LogP contribution in [0.25, 0.3) is 0 Å². The van der Waals surface area contributed by atoms with E-state index in [2.05, 4.69) is 18.7 Å². The van der Waals surface area contributed by atoms with Crippen molar-refractivity contribution in [2.75, 3.05) is 19.6 Å². The van der Waals surface area contributed by atoms with Crippen LogP contribution in [-0.4, -0.2) is 30.1 Å². The van der Waals surface area contributed by atoms with Gasteiger partial charge in [-0.15, -0.1) is 0 Å². The van der Waals surface area contributed by atoms with Gasteiger partial charge in [0.1, 0.15) is 0 Å². The zero-order valence-electron chi connectivity index (χ0n) is 13.2. The average molecular weight is 266 g/mol. The first-order chi connectivity index (χ1) is 9.24. The van der Waals surface area contributed by atoms with E-state index in [1.54, 1.807) is 0 Å². The van der Waals surface area contributed by atoms with E-state index in [1.165, 1.54) is 70.9 Å². The van der Waals surface area contributed by atoms with Gasteiger partial charge >= 0.3 is 0 Å². The lowest BCUT2D eigenvalue weighted by Gasteiger charge is -2.50. The molecule has 1 aliphatic heterocycles. The van der Waals surface area contributed by atoms with E-state index >= 15 is 0 Å². The fraction of sp³-hybridized carbons (Fsp3) is 1.00. The molecule has 2 aliphatic rings. The van der Waals surface area contributed by atoms with Gasteiger partial charge in [0.25, 0.3) is 0 Å². The quantitative estimate of drug-likeness (QED) is 0.820. The molecule has 0 aromatic carbocycles. The number of piperidine rings is 1. The fourth-order valence-electron chi connectivity index (χ4n) is 4.38. The van der Waals surface area contributed by atoms with Crippen LogP contribution in [-0.2, 0) is 0 Å². The number of rotatable bonds is 5. The minimum atomic E-state index is 0.364. The number of nitrogens with two attached hydrogens (primary N) is 1. The lowest BCUT2D eigenvalue weighted by atomic mass is 9.73. The lowest BCUT2D eigenvalue weighted by Crippen LogP contribution is -2.57. The van der Waals surface area contributed by atoms with Crippen LogP contribution < -0.4 is 5.73 Å². The third-order valence-corrected chi connectivity index (χ3v) is 5.98. The summed E-state index contributed by atoms with van der Waals surface area (Å²) in [6.07, 6.45) is 12.5. The van der Waals surface area contributed by atoms with Crippen LogP contribution in [0, 0.1) is 11.8 Å². The van der Waals surface area contributed by atoms with Gasteiger partial charge in [-0.2, -0.15) is 0 Å². The molecule has 1 heterocycles. The lowest BCUT2D eigenvalue weighted by molar-refractivity contribution is 0.0141. The molecule has 0 radical (unpaired) electrons. The van der Waals surface area contributed by atoms with Crippen molar-refractivity contribution in [1.29, 1.82) is 0 Å². The summed E-state index contributed by atoms with van der Waals surface area (Å²) >= 11 is 0. The predicted octanol–water partition coefficient (Wildman–Crippen LogP) is 3.80. The molecule has 1 saturated carbocycles. The van der Waals surface area contributed by atoms with Crippen LogP contribution in [0.4, 0.5) is 0 Å². The Kier molecular flexibility index (Phi) is 5.70. The van der Waals surface area contributed by atoms with Crippen LogP contribution >= 0.6 is 0 Å². The molecule has 0 unspecified atom stereocenters. The number of hydrogen-bond donors (Lipinski definition) is 1. The smallest absolute Gasteiger partial charge is 0.0331 e. The Balaban J connectivity index is 1.89. The maximum atomic E-state index is 6.21. The first-order valence-corrected chi connectivity index (χ1v) is 8.69. The summed E-state index contributed by atoms with van der Waals surface area (Å²) in [5.74, 6) is 1.96. The van der Waals surface area contributed by atoms with E-state index in [9.17, 15) is 0 Å². The maximum absolute atomic E-state index is 6.21. The molecule has 112 valence electrons. The first-order valence-electron chi connectivity index (χ1n) is 8.69. The zero-order valence-corrected chi connectivity index (χ0v) is 13.2. The summed E-state index contributed by atoms with van der Waals surface area (Å²) in [4.78, 5) is 2.77. The minimum absolute atomic E-state index is 0.364. The Morgan fingerprint density at radius 1 is 1.00 bits per heavy atom. The molecule has 0 amide bonds. The second-order valence-corrected chi connectivity index (χ2v) is 7.00. The average Bonchev–Trinajstić information content (AvgIpc) is 2.49. The Bertz CT molecular complexity index is 248. The second kappa shape index (κ2) is 7.08. The zero-order chi connectivity index (χ0) is 13.7. The molecule has 1 saturated heterocycles. The van der Waals surface area contributed by atoms with Crippen molar-refractivity contribution in [3.63, 3.8) is 0 Å². The molecule has 2 heteroatoms. The highest BCUT2D eigenvalue weighted by Crippen LogP contribution is 2.39. The van der Waals surface area contributed by atoms with E-state index in [4.69, 9.17) is 5.73 Å². The highest BCUT2D eigenvalue weighted by atomic mass is 15.2. The largest absolute Gasteiger partial charge is 0.329 e. The van der Waals surface area contributed by atoms with Crippen molar-refractivity contribution in [1.82, 2.24) is 4.90 Å². The van der Waals surface area contributed by atoms with Crippen molar-refractivity contribution in [3.8, 4) is 0 Å². The molecule has 19 heavy (non-hydrogen) atoms. The maximum Gasteiger partial charge on any atom is 0.0331 e. The summed E-state index contributed by atoms with van der Waals surface area (Å²) in [7, 11) is 0. The van der Waals surface area contributed by atoms with Crippen LogP contribution in [0.2, 0.25) is 0 Å². The van der Waals surface area contributed by atoms with E-state index in [0.717, 1.165) is 18.4 Å². The molecule has 2 rings (SSSR count). The third-order valence-electron chi connectivity index (χ3n) is 5.98. The van der Waals surface area contributed by atoms with Crippen molar-refractivity contribution < 1.29 is 0 Å². The monoisotopic (exact) mass is 266 g/mol. The molecule has 0 atom stereocenters. The van der Waals surface area contributed by atoms with Gasteiger partial charge < -0.3 is 5.73 Å². The van der Waals surface area contributed by atoms with Gasteiger partial charge in [0.05, 0.1) is 0 Å². The Morgan fingerprint density at radius 2 is 1.63 bits per heavy atom. The molecule has 2 N–H and O–H groups in total. The fourth-order valence-corrected chi connectivity index (χ4v) is 4.38. The van der Waals surface area contributed by atoms with Gasteiger partial charge in [-0.05, 0) is 63.5 Å². The van der Waals surface area contributed by atoms with Crippen LogP contribution in [0.3, 0.4) is 0 Å². The Morgan fingerprint density at radius 3 is 2.11 bits per heavy atom. The molecular formula is C17H34N2. The SMILES string of the molecule is CCCC1CCC(CN)(N2CCC(CC)CC2)CC1. The molecule has 0 aromatic rings. The molecule has 0 spiro atoms. The van der Waals surface area contributed by atoms with Crippen molar-refractivity contribution in [2.45, 2.75) is 77.2 Å². The third kappa shape index (κ3) is 3.52. The topological polar surface area (TPSA) is 29.3 Å². The van der Waals surface area contributed by atoms with Gasteiger partial charge in [-0.25, -0.2) is 0 Å². The molecule has 2 fully saturated rings. The number of hydrogen-bond acceptors (Lipinski definition) is 2. The normalized spacial score (nSPS) is 34.6. The number of likely N-dealkylation sites (tertiary alicyclic amines) is 1.